The summed E-state index contributed by atoms with van der Waals surface area (Å²) in [7, 11) is 1.73. The fraction of sp³-hybridized carbons (Fsp3) is 0.350. The summed E-state index contributed by atoms with van der Waals surface area (Å²) in [6.07, 6.45) is 5.31. The smallest absolute Gasteiger partial charge is 0.276 e. The van der Waals surface area contributed by atoms with E-state index in [9.17, 15) is 9.18 Å². The van der Waals surface area contributed by atoms with Gasteiger partial charge in [-0.3, -0.25) is 9.48 Å². The Morgan fingerprint density at radius 1 is 1.25 bits per heavy atom. The normalized spacial score (nSPS) is 17.5. The number of carbonyl (C=O) groups excluding carboxylic acids is 1. The minimum Gasteiger partial charge on any atom is -0.359 e. The Bertz CT molecular complexity index is 983. The van der Waals surface area contributed by atoms with Crippen LogP contribution in [-0.2, 0) is 7.05 Å². The molecule has 1 aliphatic heterocycles. The summed E-state index contributed by atoms with van der Waals surface area (Å²) in [6, 6.07) is 7.66. The third-order valence-electron chi connectivity index (χ3n) is 5.00. The first-order valence-electron chi connectivity index (χ1n) is 9.25. The average molecular weight is 403 g/mol. The van der Waals surface area contributed by atoms with Crippen LogP contribution < -0.4 is 0 Å². The second-order valence-corrected chi connectivity index (χ2v) is 7.39. The highest BCUT2D eigenvalue weighted by atomic mass is 35.5. The third-order valence-corrected chi connectivity index (χ3v) is 5.27. The molecule has 0 radical (unpaired) electrons. The second-order valence-electron chi connectivity index (χ2n) is 6.98. The topological polar surface area (TPSA) is 64.2 Å². The SMILES string of the molecule is Cn1cc(Cl)c(C(=O)N2CCCCC[C@@H]2c2cc(-c3ccc(F)cc3)no2)n1. The zero-order valence-electron chi connectivity index (χ0n) is 15.4. The first-order chi connectivity index (χ1) is 13.5. The van der Waals surface area contributed by atoms with E-state index in [2.05, 4.69) is 10.3 Å². The van der Waals surface area contributed by atoms with E-state index < -0.39 is 0 Å². The number of aryl methyl sites for hydroxylation is 1. The highest BCUT2D eigenvalue weighted by molar-refractivity contribution is 6.33. The molecular formula is C20H20ClFN4O2. The first-order valence-corrected chi connectivity index (χ1v) is 9.63. The van der Waals surface area contributed by atoms with Gasteiger partial charge in [-0.25, -0.2) is 4.39 Å². The van der Waals surface area contributed by atoms with Crippen LogP contribution in [0.5, 0.6) is 0 Å². The van der Waals surface area contributed by atoms with E-state index in [1.165, 1.54) is 16.8 Å². The van der Waals surface area contributed by atoms with Crippen molar-refractivity contribution < 1.29 is 13.7 Å². The number of likely N-dealkylation sites (tertiary alicyclic amines) is 1. The molecule has 0 saturated carbocycles. The maximum absolute atomic E-state index is 13.2. The highest BCUT2D eigenvalue weighted by Gasteiger charge is 2.32. The molecule has 0 N–H and O–H groups in total. The molecule has 0 bridgehead atoms. The lowest BCUT2D eigenvalue weighted by molar-refractivity contribution is 0.0644. The Labute approximate surface area is 166 Å². The van der Waals surface area contributed by atoms with Gasteiger partial charge in [-0.2, -0.15) is 5.10 Å². The van der Waals surface area contributed by atoms with Crippen molar-refractivity contribution in [2.45, 2.75) is 31.7 Å². The van der Waals surface area contributed by atoms with Gasteiger partial charge >= 0.3 is 0 Å². The molecule has 0 aliphatic carbocycles. The Balaban J connectivity index is 1.65. The van der Waals surface area contributed by atoms with Crippen molar-refractivity contribution in [2.75, 3.05) is 6.54 Å². The number of hydrogen-bond acceptors (Lipinski definition) is 4. The summed E-state index contributed by atoms with van der Waals surface area (Å²) in [5.41, 5.74) is 1.62. The summed E-state index contributed by atoms with van der Waals surface area (Å²) in [5.74, 6) is 0.0964. The van der Waals surface area contributed by atoms with Crippen molar-refractivity contribution in [1.82, 2.24) is 19.8 Å². The van der Waals surface area contributed by atoms with Crippen LogP contribution in [-0.4, -0.2) is 32.3 Å². The maximum Gasteiger partial charge on any atom is 0.276 e. The standard InChI is InChI=1S/C20H20ClFN4O2/c1-25-12-15(21)19(23-25)20(27)26-10-4-2-3-5-17(26)18-11-16(24-28-18)13-6-8-14(22)9-7-13/h6-9,11-12,17H,2-5,10H2,1H3/t17-/m1/s1. The number of aromatic nitrogens is 3. The summed E-state index contributed by atoms with van der Waals surface area (Å²) < 4.78 is 20.3. The van der Waals surface area contributed by atoms with Crippen molar-refractivity contribution in [1.29, 1.82) is 0 Å². The molecule has 4 rings (SSSR count). The molecule has 0 spiro atoms. The maximum atomic E-state index is 13.2. The van der Waals surface area contributed by atoms with Gasteiger partial charge in [0.15, 0.2) is 11.5 Å². The first kappa shape index (κ1) is 18.7. The van der Waals surface area contributed by atoms with Gasteiger partial charge in [0, 0.05) is 31.4 Å². The molecule has 1 fully saturated rings. The molecule has 28 heavy (non-hydrogen) atoms. The van der Waals surface area contributed by atoms with Crippen molar-refractivity contribution in [3.05, 3.63) is 58.8 Å². The van der Waals surface area contributed by atoms with Crippen molar-refractivity contribution >= 4 is 17.5 Å². The van der Waals surface area contributed by atoms with E-state index in [0.29, 0.717) is 23.0 Å². The van der Waals surface area contributed by atoms with Crippen LogP contribution in [0.2, 0.25) is 5.02 Å². The number of nitrogens with zero attached hydrogens (tertiary/aromatic N) is 4. The van der Waals surface area contributed by atoms with Gasteiger partial charge in [0.2, 0.25) is 0 Å². The summed E-state index contributed by atoms with van der Waals surface area (Å²) in [4.78, 5) is 14.9. The molecule has 3 aromatic rings. The number of hydrogen-bond donors (Lipinski definition) is 0. The Kier molecular flexibility index (Phi) is 5.17. The third kappa shape index (κ3) is 3.67. The lowest BCUT2D eigenvalue weighted by Gasteiger charge is -2.27. The van der Waals surface area contributed by atoms with Gasteiger partial charge in [0.1, 0.15) is 11.5 Å². The van der Waals surface area contributed by atoms with Gasteiger partial charge in [-0.1, -0.05) is 29.6 Å². The Morgan fingerprint density at radius 3 is 2.75 bits per heavy atom. The number of carbonyl (C=O) groups is 1. The largest absolute Gasteiger partial charge is 0.359 e. The van der Waals surface area contributed by atoms with E-state index in [1.54, 1.807) is 30.3 Å². The van der Waals surface area contributed by atoms with Gasteiger partial charge in [0.25, 0.3) is 5.91 Å². The van der Waals surface area contributed by atoms with E-state index >= 15 is 0 Å². The number of rotatable bonds is 3. The second kappa shape index (κ2) is 7.75. The quantitative estimate of drug-likeness (QED) is 0.641. The van der Waals surface area contributed by atoms with Gasteiger partial charge in [-0.05, 0) is 37.1 Å². The highest BCUT2D eigenvalue weighted by Crippen LogP contribution is 2.34. The Morgan fingerprint density at radius 2 is 2.04 bits per heavy atom. The van der Waals surface area contributed by atoms with E-state index in [1.807, 2.05) is 6.07 Å². The van der Waals surface area contributed by atoms with Gasteiger partial charge in [0.05, 0.1) is 11.1 Å². The van der Waals surface area contributed by atoms with E-state index in [0.717, 1.165) is 31.2 Å². The predicted octanol–water partition coefficient (Wildman–Crippen LogP) is 4.63. The fourth-order valence-electron chi connectivity index (χ4n) is 3.59. The van der Waals surface area contributed by atoms with E-state index in [4.69, 9.17) is 16.1 Å². The lowest BCUT2D eigenvalue weighted by atomic mass is 10.1. The molecule has 0 unspecified atom stereocenters. The zero-order chi connectivity index (χ0) is 19.7. The van der Waals surface area contributed by atoms with Crippen LogP contribution in [0.15, 0.2) is 41.1 Å². The molecule has 6 nitrogen and oxygen atoms in total. The lowest BCUT2D eigenvalue weighted by Crippen LogP contribution is -2.35. The van der Waals surface area contributed by atoms with Crippen LogP contribution in [0.25, 0.3) is 11.3 Å². The molecule has 3 heterocycles. The molecule has 1 aromatic carbocycles. The Hall–Kier alpha value is -2.67. The van der Waals surface area contributed by atoms with Crippen LogP contribution in [0.3, 0.4) is 0 Å². The van der Waals surface area contributed by atoms with Crippen molar-refractivity contribution in [2.24, 2.45) is 7.05 Å². The predicted molar refractivity (Wildman–Crippen MR) is 102 cm³/mol. The molecule has 1 amide bonds. The zero-order valence-corrected chi connectivity index (χ0v) is 16.2. The van der Waals surface area contributed by atoms with Crippen LogP contribution in [0, 0.1) is 5.82 Å². The van der Waals surface area contributed by atoms with Crippen LogP contribution in [0.4, 0.5) is 4.39 Å². The monoisotopic (exact) mass is 402 g/mol. The number of halogens is 2. The van der Waals surface area contributed by atoms with Crippen LogP contribution >= 0.6 is 11.6 Å². The van der Waals surface area contributed by atoms with Crippen LogP contribution in [0.1, 0.15) is 48.0 Å². The molecule has 146 valence electrons. The minimum absolute atomic E-state index is 0.211. The van der Waals surface area contributed by atoms with E-state index in [-0.39, 0.29) is 23.5 Å². The molecular weight excluding hydrogens is 383 g/mol. The van der Waals surface area contributed by atoms with Gasteiger partial charge in [-0.15, -0.1) is 0 Å². The summed E-state index contributed by atoms with van der Waals surface area (Å²) >= 11 is 6.19. The van der Waals surface area contributed by atoms with Crippen molar-refractivity contribution in [3.63, 3.8) is 0 Å². The fourth-order valence-corrected chi connectivity index (χ4v) is 3.85. The van der Waals surface area contributed by atoms with Crippen molar-refractivity contribution in [3.8, 4) is 11.3 Å². The molecule has 8 heteroatoms. The number of amides is 1. The summed E-state index contributed by atoms with van der Waals surface area (Å²) in [6.45, 7) is 0.600. The minimum atomic E-state index is -0.305. The molecule has 1 atom stereocenters. The molecule has 1 saturated heterocycles. The number of benzene rings is 1. The summed E-state index contributed by atoms with van der Waals surface area (Å²) in [5, 5.41) is 8.68. The average Bonchev–Trinajstić information content (AvgIpc) is 3.20. The molecule has 2 aromatic heterocycles. The molecule has 1 aliphatic rings. The van der Waals surface area contributed by atoms with Gasteiger partial charge < -0.3 is 9.42 Å².